The number of thioether (sulfide) groups is 1. The first kappa shape index (κ1) is 13.1. The lowest BCUT2D eigenvalue weighted by Crippen LogP contribution is -2.11. The average Bonchev–Trinajstić information content (AvgIpc) is 2.61. The highest BCUT2D eigenvalue weighted by molar-refractivity contribution is 8.14. The fraction of sp³-hybridized carbons (Fsp3) is 0.429. The molecular formula is C14H17NO2S. The van der Waals surface area contributed by atoms with Crippen LogP contribution in [0, 0.1) is 6.92 Å². The van der Waals surface area contributed by atoms with Gasteiger partial charge in [-0.1, -0.05) is 24.6 Å². The Hall–Kier alpha value is -1.29. The topological polar surface area (TPSA) is 38.7 Å². The summed E-state index contributed by atoms with van der Waals surface area (Å²) in [6, 6.07) is 7.75. The van der Waals surface area contributed by atoms with Crippen molar-refractivity contribution in [2.24, 2.45) is 4.99 Å². The van der Waals surface area contributed by atoms with Crippen molar-refractivity contribution >= 4 is 22.8 Å². The van der Waals surface area contributed by atoms with Gasteiger partial charge in [-0.15, -0.1) is 11.8 Å². The standard InChI is InChI=1S/C14H17NO2S/c1-9-4-6-12(7-5-9)17-14(16)8-13-15-10(2)11(3)18-13/h4-7,10-11H,8H2,1-3H3. The Labute approximate surface area is 112 Å². The molecule has 0 radical (unpaired) electrons. The second-order valence-corrected chi connectivity index (χ2v) is 6.00. The molecular weight excluding hydrogens is 246 g/mol. The molecule has 0 bridgehead atoms. The van der Waals surface area contributed by atoms with Crippen LogP contribution in [0.5, 0.6) is 5.75 Å². The van der Waals surface area contributed by atoms with Crippen molar-refractivity contribution in [2.75, 3.05) is 0 Å². The summed E-state index contributed by atoms with van der Waals surface area (Å²) in [5.74, 6) is 0.349. The highest BCUT2D eigenvalue weighted by Crippen LogP contribution is 2.28. The Morgan fingerprint density at radius 3 is 2.56 bits per heavy atom. The van der Waals surface area contributed by atoms with Gasteiger partial charge in [0.2, 0.25) is 0 Å². The first-order valence-electron chi connectivity index (χ1n) is 6.05. The van der Waals surface area contributed by atoms with Crippen molar-refractivity contribution in [3.8, 4) is 5.75 Å². The summed E-state index contributed by atoms with van der Waals surface area (Å²) in [7, 11) is 0. The molecule has 1 aromatic carbocycles. The third kappa shape index (κ3) is 3.35. The molecule has 1 aliphatic rings. The van der Waals surface area contributed by atoms with Gasteiger partial charge in [0.15, 0.2) is 0 Å². The van der Waals surface area contributed by atoms with E-state index in [4.69, 9.17) is 4.74 Å². The van der Waals surface area contributed by atoms with E-state index in [-0.39, 0.29) is 18.4 Å². The smallest absolute Gasteiger partial charge is 0.317 e. The van der Waals surface area contributed by atoms with Crippen molar-refractivity contribution in [2.45, 2.75) is 38.5 Å². The quantitative estimate of drug-likeness (QED) is 0.621. The zero-order chi connectivity index (χ0) is 13.1. The van der Waals surface area contributed by atoms with Crippen LogP contribution >= 0.6 is 11.8 Å². The molecule has 96 valence electrons. The van der Waals surface area contributed by atoms with Gasteiger partial charge in [-0.05, 0) is 26.0 Å². The van der Waals surface area contributed by atoms with Crippen LogP contribution in [-0.2, 0) is 4.79 Å². The lowest BCUT2D eigenvalue weighted by molar-refractivity contribution is -0.132. The Morgan fingerprint density at radius 2 is 2.00 bits per heavy atom. The van der Waals surface area contributed by atoms with E-state index in [0.717, 1.165) is 10.6 Å². The van der Waals surface area contributed by atoms with E-state index in [1.54, 1.807) is 11.8 Å². The van der Waals surface area contributed by atoms with E-state index in [0.29, 0.717) is 11.0 Å². The van der Waals surface area contributed by atoms with Gasteiger partial charge in [0.25, 0.3) is 0 Å². The fourth-order valence-corrected chi connectivity index (χ4v) is 2.78. The number of hydrogen-bond acceptors (Lipinski definition) is 4. The number of esters is 1. The molecule has 1 heterocycles. The summed E-state index contributed by atoms with van der Waals surface area (Å²) < 4.78 is 5.27. The number of rotatable bonds is 3. The molecule has 0 amide bonds. The van der Waals surface area contributed by atoms with Gasteiger partial charge in [-0.2, -0.15) is 0 Å². The molecule has 0 aromatic heterocycles. The lowest BCUT2D eigenvalue weighted by atomic mass is 10.2. The predicted octanol–water partition coefficient (Wildman–Crippen LogP) is 3.21. The first-order chi connectivity index (χ1) is 8.54. The normalized spacial score (nSPS) is 22.7. The number of carbonyl (C=O) groups excluding carboxylic acids is 1. The van der Waals surface area contributed by atoms with Gasteiger partial charge in [-0.25, -0.2) is 0 Å². The van der Waals surface area contributed by atoms with Gasteiger partial charge in [0.1, 0.15) is 5.75 Å². The van der Waals surface area contributed by atoms with Gasteiger partial charge < -0.3 is 4.74 Å². The Bertz CT molecular complexity index is 467. The molecule has 0 N–H and O–H groups in total. The molecule has 0 aliphatic carbocycles. The molecule has 18 heavy (non-hydrogen) atoms. The summed E-state index contributed by atoms with van der Waals surface area (Å²) >= 11 is 1.66. The Kier molecular flexibility index (Phi) is 4.07. The number of aryl methyl sites for hydroxylation is 1. The Balaban J connectivity index is 1.90. The Morgan fingerprint density at radius 1 is 1.33 bits per heavy atom. The van der Waals surface area contributed by atoms with E-state index >= 15 is 0 Å². The molecule has 2 atom stereocenters. The maximum Gasteiger partial charge on any atom is 0.317 e. The summed E-state index contributed by atoms with van der Waals surface area (Å²) in [6.45, 7) is 6.19. The van der Waals surface area contributed by atoms with E-state index in [2.05, 4.69) is 18.8 Å². The van der Waals surface area contributed by atoms with Crippen LogP contribution in [0.15, 0.2) is 29.3 Å². The minimum absolute atomic E-state index is 0.244. The minimum atomic E-state index is -0.244. The number of aliphatic imine (C=N–C) groups is 1. The number of benzene rings is 1. The predicted molar refractivity (Wildman–Crippen MR) is 75.4 cm³/mol. The fourth-order valence-electron chi connectivity index (χ4n) is 1.66. The van der Waals surface area contributed by atoms with Crippen molar-refractivity contribution in [3.05, 3.63) is 29.8 Å². The van der Waals surface area contributed by atoms with E-state index in [1.165, 1.54) is 0 Å². The van der Waals surface area contributed by atoms with Gasteiger partial charge in [-0.3, -0.25) is 9.79 Å². The van der Waals surface area contributed by atoms with Crippen LogP contribution in [0.3, 0.4) is 0 Å². The zero-order valence-corrected chi connectivity index (χ0v) is 11.7. The van der Waals surface area contributed by atoms with Crippen LogP contribution in [0.1, 0.15) is 25.8 Å². The summed E-state index contributed by atoms with van der Waals surface area (Å²) in [5, 5.41) is 1.33. The summed E-state index contributed by atoms with van der Waals surface area (Å²) in [5.41, 5.74) is 1.15. The van der Waals surface area contributed by atoms with Crippen molar-refractivity contribution in [3.63, 3.8) is 0 Å². The zero-order valence-electron chi connectivity index (χ0n) is 10.8. The van der Waals surface area contributed by atoms with Gasteiger partial charge in [0.05, 0.1) is 17.5 Å². The van der Waals surface area contributed by atoms with E-state index < -0.39 is 0 Å². The van der Waals surface area contributed by atoms with Crippen molar-refractivity contribution < 1.29 is 9.53 Å². The number of ether oxygens (including phenoxy) is 1. The van der Waals surface area contributed by atoms with Crippen LogP contribution in [-0.4, -0.2) is 22.3 Å². The van der Waals surface area contributed by atoms with Crippen molar-refractivity contribution in [1.82, 2.24) is 0 Å². The van der Waals surface area contributed by atoms with Gasteiger partial charge >= 0.3 is 5.97 Å². The maximum absolute atomic E-state index is 11.8. The second-order valence-electron chi connectivity index (χ2n) is 4.55. The summed E-state index contributed by atoms with van der Waals surface area (Å²) in [6.07, 6.45) is 0.271. The van der Waals surface area contributed by atoms with Crippen LogP contribution < -0.4 is 4.74 Å². The van der Waals surface area contributed by atoms with Gasteiger partial charge in [0, 0.05) is 5.25 Å². The molecule has 1 aliphatic heterocycles. The highest BCUT2D eigenvalue weighted by atomic mass is 32.2. The molecule has 3 nitrogen and oxygen atoms in total. The second kappa shape index (κ2) is 5.57. The molecule has 2 unspecified atom stereocenters. The molecule has 0 fully saturated rings. The molecule has 0 spiro atoms. The number of carbonyl (C=O) groups is 1. The van der Waals surface area contributed by atoms with Crippen LogP contribution in [0.2, 0.25) is 0 Å². The van der Waals surface area contributed by atoms with Crippen LogP contribution in [0.25, 0.3) is 0 Å². The largest absolute Gasteiger partial charge is 0.426 e. The monoisotopic (exact) mass is 263 g/mol. The van der Waals surface area contributed by atoms with E-state index in [9.17, 15) is 4.79 Å². The SMILES string of the molecule is Cc1ccc(OC(=O)CC2=NC(C)C(C)S2)cc1. The first-order valence-corrected chi connectivity index (χ1v) is 6.93. The summed E-state index contributed by atoms with van der Waals surface area (Å²) in [4.78, 5) is 16.2. The molecule has 0 saturated heterocycles. The van der Waals surface area contributed by atoms with Crippen molar-refractivity contribution in [1.29, 1.82) is 0 Å². The minimum Gasteiger partial charge on any atom is -0.426 e. The third-order valence-corrected chi connectivity index (χ3v) is 4.18. The lowest BCUT2D eigenvalue weighted by Gasteiger charge is -2.05. The molecule has 1 aromatic rings. The number of nitrogens with zero attached hydrogens (tertiary/aromatic N) is 1. The van der Waals surface area contributed by atoms with Crippen LogP contribution in [0.4, 0.5) is 0 Å². The van der Waals surface area contributed by atoms with E-state index in [1.807, 2.05) is 31.2 Å². The molecule has 4 heteroatoms. The maximum atomic E-state index is 11.8. The molecule has 2 rings (SSSR count). The number of hydrogen-bond donors (Lipinski definition) is 0. The molecule has 0 saturated carbocycles. The third-order valence-electron chi connectivity index (χ3n) is 2.90. The average molecular weight is 263 g/mol. The highest BCUT2D eigenvalue weighted by Gasteiger charge is 2.24.